The first-order valence-corrected chi connectivity index (χ1v) is 5.66. The van der Waals surface area contributed by atoms with Gasteiger partial charge >= 0.3 is 5.97 Å². The lowest BCUT2D eigenvalue weighted by atomic mass is 10.0. The molecule has 1 rings (SSSR count). The molecule has 2 atom stereocenters. The van der Waals surface area contributed by atoms with Crippen molar-refractivity contribution in [3.8, 4) is 11.8 Å². The summed E-state index contributed by atoms with van der Waals surface area (Å²) in [6.07, 6.45) is -3.16. The van der Waals surface area contributed by atoms with Crippen LogP contribution in [0.15, 0.2) is 18.2 Å². The Balaban J connectivity index is 2.97. The van der Waals surface area contributed by atoms with Gasteiger partial charge < -0.3 is 19.7 Å². The van der Waals surface area contributed by atoms with Crippen molar-refractivity contribution in [3.05, 3.63) is 29.3 Å². The van der Waals surface area contributed by atoms with Crippen molar-refractivity contribution in [1.29, 1.82) is 5.26 Å². The number of nitrogens with zero attached hydrogens (tertiary/aromatic N) is 1. The van der Waals surface area contributed by atoms with Gasteiger partial charge in [0.2, 0.25) is 0 Å². The number of carbonyl (C=O) groups excluding carboxylic acids is 1. The van der Waals surface area contributed by atoms with Crippen LogP contribution in [0.4, 0.5) is 0 Å². The predicted octanol–water partition coefficient (Wildman–Crippen LogP) is 0.524. The number of aliphatic hydroxyl groups is 2. The Kier molecular flexibility index (Phi) is 5.30. The monoisotopic (exact) mass is 265 g/mol. The Bertz CT molecular complexity index is 494. The molecule has 6 nitrogen and oxygen atoms in total. The van der Waals surface area contributed by atoms with Crippen LogP contribution >= 0.6 is 0 Å². The van der Waals surface area contributed by atoms with E-state index in [2.05, 4.69) is 4.74 Å². The van der Waals surface area contributed by atoms with Gasteiger partial charge in [0.05, 0.1) is 19.3 Å². The molecule has 0 radical (unpaired) electrons. The number of nitriles is 1. The fraction of sp³-hybridized carbons (Fsp3) is 0.385. The summed E-state index contributed by atoms with van der Waals surface area (Å²) in [5.41, 5.74) is 0.438. The Hall–Kier alpha value is -2.10. The molecule has 2 N–H and O–H groups in total. The first-order chi connectivity index (χ1) is 9.04. The van der Waals surface area contributed by atoms with E-state index < -0.39 is 18.2 Å². The Morgan fingerprint density at radius 2 is 2.16 bits per heavy atom. The van der Waals surface area contributed by atoms with Crippen LogP contribution in [0, 0.1) is 11.3 Å². The molecule has 0 aliphatic heterocycles. The topological polar surface area (TPSA) is 99.8 Å². The number of methoxy groups -OCH3 is 1. The lowest BCUT2D eigenvalue weighted by Crippen LogP contribution is -2.29. The van der Waals surface area contributed by atoms with Gasteiger partial charge in [-0.3, -0.25) is 0 Å². The van der Waals surface area contributed by atoms with Crippen molar-refractivity contribution in [2.45, 2.75) is 19.1 Å². The molecule has 0 spiro atoms. The summed E-state index contributed by atoms with van der Waals surface area (Å²) in [5.74, 6) is -0.562. The maximum absolute atomic E-state index is 11.3. The number of aliphatic hydroxyl groups excluding tert-OH is 2. The van der Waals surface area contributed by atoms with Crippen LogP contribution in [0.3, 0.4) is 0 Å². The second kappa shape index (κ2) is 6.73. The van der Waals surface area contributed by atoms with E-state index in [1.54, 1.807) is 6.92 Å². The van der Waals surface area contributed by atoms with Crippen molar-refractivity contribution >= 4 is 5.97 Å². The molecule has 0 saturated carbocycles. The van der Waals surface area contributed by atoms with Gasteiger partial charge in [-0.1, -0.05) is 6.07 Å². The Morgan fingerprint density at radius 3 is 2.68 bits per heavy atom. The summed E-state index contributed by atoms with van der Waals surface area (Å²) in [6.45, 7) is 1.70. The third-order valence-corrected chi connectivity index (χ3v) is 2.51. The molecular formula is C13H15NO5. The zero-order valence-electron chi connectivity index (χ0n) is 10.7. The van der Waals surface area contributed by atoms with E-state index in [0.29, 0.717) is 5.75 Å². The predicted molar refractivity (Wildman–Crippen MR) is 65.3 cm³/mol. The van der Waals surface area contributed by atoms with Gasteiger partial charge in [-0.2, -0.15) is 5.26 Å². The second-order valence-electron chi connectivity index (χ2n) is 3.71. The van der Waals surface area contributed by atoms with Crippen molar-refractivity contribution in [3.63, 3.8) is 0 Å². The molecule has 0 aliphatic carbocycles. The van der Waals surface area contributed by atoms with Gasteiger partial charge in [-0.15, -0.1) is 0 Å². The molecule has 0 heterocycles. The van der Waals surface area contributed by atoms with E-state index in [1.165, 1.54) is 25.3 Å². The smallest absolute Gasteiger partial charge is 0.338 e. The van der Waals surface area contributed by atoms with Crippen LogP contribution in [0.25, 0.3) is 0 Å². The van der Waals surface area contributed by atoms with Gasteiger partial charge in [-0.05, 0) is 24.6 Å². The summed E-state index contributed by atoms with van der Waals surface area (Å²) >= 11 is 0. The van der Waals surface area contributed by atoms with Crippen molar-refractivity contribution in [1.82, 2.24) is 0 Å². The molecule has 0 aromatic heterocycles. The Morgan fingerprint density at radius 1 is 1.47 bits per heavy atom. The van der Waals surface area contributed by atoms with Gasteiger partial charge in [-0.25, -0.2) is 4.79 Å². The highest BCUT2D eigenvalue weighted by molar-refractivity contribution is 5.75. The summed E-state index contributed by atoms with van der Waals surface area (Å²) in [4.78, 5) is 11.3. The molecule has 0 aliphatic rings. The van der Waals surface area contributed by atoms with Crippen LogP contribution in [0.2, 0.25) is 0 Å². The van der Waals surface area contributed by atoms with E-state index in [9.17, 15) is 15.0 Å². The van der Waals surface area contributed by atoms with Crippen LogP contribution in [0.5, 0.6) is 5.75 Å². The summed E-state index contributed by atoms with van der Waals surface area (Å²) in [5, 5.41) is 28.4. The largest absolute Gasteiger partial charge is 0.495 e. The van der Waals surface area contributed by atoms with Crippen molar-refractivity contribution in [2.75, 3.05) is 13.7 Å². The molecule has 1 aromatic carbocycles. The first-order valence-electron chi connectivity index (χ1n) is 5.66. The minimum atomic E-state index is -1.69. The third-order valence-electron chi connectivity index (χ3n) is 2.51. The number of hydrogen-bond donors (Lipinski definition) is 2. The minimum absolute atomic E-state index is 0.106. The Labute approximate surface area is 110 Å². The lowest BCUT2D eigenvalue weighted by Gasteiger charge is -2.17. The summed E-state index contributed by atoms with van der Waals surface area (Å²) in [7, 11) is 1.42. The van der Waals surface area contributed by atoms with Gasteiger partial charge in [0, 0.05) is 0 Å². The van der Waals surface area contributed by atoms with Gasteiger partial charge in [0.1, 0.15) is 17.9 Å². The highest BCUT2D eigenvalue weighted by Gasteiger charge is 2.27. The molecule has 6 heteroatoms. The molecule has 2 unspecified atom stereocenters. The van der Waals surface area contributed by atoms with Crippen LogP contribution in [0.1, 0.15) is 24.2 Å². The molecule has 1 aromatic rings. The van der Waals surface area contributed by atoms with Crippen LogP contribution in [-0.2, 0) is 9.53 Å². The SMILES string of the molecule is CCOC(=O)C(O)C(O)c1ccc(OC)c(C#N)c1. The van der Waals surface area contributed by atoms with Crippen LogP contribution < -0.4 is 4.74 Å². The quantitative estimate of drug-likeness (QED) is 0.753. The average Bonchev–Trinajstić information content (AvgIpc) is 2.45. The average molecular weight is 265 g/mol. The molecule has 0 saturated heterocycles. The third kappa shape index (κ3) is 3.44. The van der Waals surface area contributed by atoms with E-state index >= 15 is 0 Å². The number of benzene rings is 1. The number of rotatable bonds is 5. The van der Waals surface area contributed by atoms with Gasteiger partial charge in [0.25, 0.3) is 0 Å². The molecule has 19 heavy (non-hydrogen) atoms. The zero-order chi connectivity index (χ0) is 14.4. The lowest BCUT2D eigenvalue weighted by molar-refractivity contribution is -0.159. The fourth-order valence-electron chi connectivity index (χ4n) is 1.54. The van der Waals surface area contributed by atoms with Crippen molar-refractivity contribution in [2.24, 2.45) is 0 Å². The standard InChI is InChI=1S/C13H15NO5/c1-3-19-13(17)12(16)11(15)8-4-5-10(18-2)9(6-8)7-14/h4-6,11-12,15-16H,3H2,1-2H3. The summed E-state index contributed by atoms with van der Waals surface area (Å²) in [6, 6.07) is 6.20. The maximum atomic E-state index is 11.3. The first kappa shape index (κ1) is 15.0. The maximum Gasteiger partial charge on any atom is 0.338 e. The van der Waals surface area contributed by atoms with Crippen LogP contribution in [-0.4, -0.2) is 36.0 Å². The minimum Gasteiger partial charge on any atom is -0.495 e. The fourth-order valence-corrected chi connectivity index (χ4v) is 1.54. The molecule has 0 amide bonds. The second-order valence-corrected chi connectivity index (χ2v) is 3.71. The zero-order valence-corrected chi connectivity index (χ0v) is 10.7. The molecular weight excluding hydrogens is 250 g/mol. The van der Waals surface area contributed by atoms with E-state index in [0.717, 1.165) is 0 Å². The molecule has 102 valence electrons. The number of hydrogen-bond acceptors (Lipinski definition) is 6. The normalized spacial score (nSPS) is 13.2. The van der Waals surface area contributed by atoms with E-state index in [4.69, 9.17) is 10.00 Å². The number of ether oxygens (including phenoxy) is 2. The van der Waals surface area contributed by atoms with E-state index in [1.807, 2.05) is 6.07 Å². The number of carbonyl (C=O) groups is 1. The molecule has 0 fully saturated rings. The van der Waals surface area contributed by atoms with Crippen molar-refractivity contribution < 1.29 is 24.5 Å². The van der Waals surface area contributed by atoms with Gasteiger partial charge in [0.15, 0.2) is 6.10 Å². The summed E-state index contributed by atoms with van der Waals surface area (Å²) < 4.78 is 9.57. The van der Waals surface area contributed by atoms with E-state index in [-0.39, 0.29) is 17.7 Å². The highest BCUT2D eigenvalue weighted by atomic mass is 16.5. The highest BCUT2D eigenvalue weighted by Crippen LogP contribution is 2.24. The number of esters is 1. The molecule has 0 bridgehead atoms.